The smallest absolute Gasteiger partial charge is 0.189 e. The number of Topliss-reactive ketones (excluding diaryl/α,β-unsaturated/α-hetero) is 1. The van der Waals surface area contributed by atoms with Gasteiger partial charge in [0, 0.05) is 17.6 Å². The van der Waals surface area contributed by atoms with E-state index in [-0.39, 0.29) is 5.78 Å². The monoisotopic (exact) mass is 372 g/mol. The highest BCUT2D eigenvalue weighted by Gasteiger charge is 2.24. The van der Waals surface area contributed by atoms with Gasteiger partial charge in [0.05, 0.1) is 18.2 Å². The van der Waals surface area contributed by atoms with Crippen LogP contribution in [0, 0.1) is 0 Å². The molecule has 23 heavy (non-hydrogen) atoms. The number of allylic oxidation sites excluding steroid dienone is 1. The quantitative estimate of drug-likeness (QED) is 0.731. The summed E-state index contributed by atoms with van der Waals surface area (Å²) in [5.74, 6) is 1.43. The molecule has 0 saturated heterocycles. The molecular weight excluding hydrogens is 356 g/mol. The number of hydrogen-bond donors (Lipinski definition) is 0. The Hall–Kier alpha value is -2.07. The second kappa shape index (κ2) is 6.59. The molecule has 3 rings (SSSR count). The summed E-state index contributed by atoms with van der Waals surface area (Å²) in [5.41, 5.74) is 3.59. The molecule has 4 heteroatoms. The van der Waals surface area contributed by atoms with E-state index in [1.165, 1.54) is 0 Å². The molecule has 118 valence electrons. The van der Waals surface area contributed by atoms with Crippen LogP contribution in [0.5, 0.6) is 11.5 Å². The maximum Gasteiger partial charge on any atom is 0.189 e. The minimum absolute atomic E-state index is 0.101. The van der Waals surface area contributed by atoms with E-state index in [0.717, 1.165) is 26.7 Å². The van der Waals surface area contributed by atoms with Crippen molar-refractivity contribution in [3.05, 3.63) is 63.1 Å². The third-order valence-corrected chi connectivity index (χ3v) is 4.40. The van der Waals surface area contributed by atoms with Crippen molar-refractivity contribution in [2.75, 3.05) is 13.7 Å². The lowest BCUT2D eigenvalue weighted by Gasteiger charge is -2.12. The highest BCUT2D eigenvalue weighted by atomic mass is 79.9. The Balaban J connectivity index is 1.98. The van der Waals surface area contributed by atoms with Crippen LogP contribution in [0.15, 0.2) is 46.4 Å². The van der Waals surface area contributed by atoms with Gasteiger partial charge < -0.3 is 9.47 Å². The molecular formula is C19H17BrO3. The number of halogens is 1. The molecule has 0 amide bonds. The number of hydrogen-bond acceptors (Lipinski definition) is 3. The van der Waals surface area contributed by atoms with Crippen LogP contribution in [-0.4, -0.2) is 19.5 Å². The van der Waals surface area contributed by atoms with Crippen molar-refractivity contribution in [3.8, 4) is 11.5 Å². The summed E-state index contributed by atoms with van der Waals surface area (Å²) in [4.78, 5) is 12.5. The molecule has 0 atom stereocenters. The first kappa shape index (κ1) is 15.8. The van der Waals surface area contributed by atoms with Crippen molar-refractivity contribution < 1.29 is 14.3 Å². The second-order valence-corrected chi connectivity index (χ2v) is 6.15. The summed E-state index contributed by atoms with van der Waals surface area (Å²) in [7, 11) is 1.61. The molecule has 0 fully saturated rings. The SMILES string of the molecule is CCOc1c(Br)cc(/C=C2\Cc3ccccc3C2=O)cc1OC. The number of fused-ring (bicyclic) bond motifs is 1. The number of benzene rings is 2. The summed E-state index contributed by atoms with van der Waals surface area (Å²) >= 11 is 3.51. The van der Waals surface area contributed by atoms with E-state index < -0.39 is 0 Å². The summed E-state index contributed by atoms with van der Waals surface area (Å²) in [6.07, 6.45) is 2.59. The van der Waals surface area contributed by atoms with E-state index in [2.05, 4.69) is 15.9 Å². The number of ketones is 1. The molecule has 0 unspecified atom stereocenters. The lowest BCUT2D eigenvalue weighted by Crippen LogP contribution is -1.98. The Morgan fingerprint density at radius 2 is 2.04 bits per heavy atom. The van der Waals surface area contributed by atoms with Gasteiger partial charge in [-0.1, -0.05) is 24.3 Å². The molecule has 3 nitrogen and oxygen atoms in total. The predicted octanol–water partition coefficient (Wildman–Crippen LogP) is 4.68. The van der Waals surface area contributed by atoms with Crippen LogP contribution in [-0.2, 0) is 6.42 Å². The van der Waals surface area contributed by atoms with Gasteiger partial charge in [0.2, 0.25) is 0 Å². The molecule has 0 spiro atoms. The van der Waals surface area contributed by atoms with Gasteiger partial charge in [-0.25, -0.2) is 0 Å². The van der Waals surface area contributed by atoms with E-state index in [0.29, 0.717) is 24.5 Å². The zero-order valence-electron chi connectivity index (χ0n) is 13.1. The fraction of sp³-hybridized carbons (Fsp3) is 0.211. The largest absolute Gasteiger partial charge is 0.493 e. The van der Waals surface area contributed by atoms with Crippen LogP contribution in [0.3, 0.4) is 0 Å². The van der Waals surface area contributed by atoms with Crippen LogP contribution in [0.1, 0.15) is 28.4 Å². The number of carbonyl (C=O) groups excluding carboxylic acids is 1. The van der Waals surface area contributed by atoms with Crippen LogP contribution in [0.25, 0.3) is 6.08 Å². The van der Waals surface area contributed by atoms with E-state index in [1.54, 1.807) is 7.11 Å². The topological polar surface area (TPSA) is 35.5 Å². The molecule has 0 saturated carbocycles. The van der Waals surface area contributed by atoms with Gasteiger partial charge in [-0.05, 0) is 52.2 Å². The zero-order valence-corrected chi connectivity index (χ0v) is 14.6. The third-order valence-electron chi connectivity index (χ3n) is 3.82. The number of rotatable bonds is 4. The van der Waals surface area contributed by atoms with E-state index in [4.69, 9.17) is 9.47 Å². The average molecular weight is 373 g/mol. The fourth-order valence-corrected chi connectivity index (χ4v) is 3.35. The van der Waals surface area contributed by atoms with Gasteiger partial charge in [-0.3, -0.25) is 4.79 Å². The molecule has 0 bridgehead atoms. The lowest BCUT2D eigenvalue weighted by atomic mass is 10.1. The molecule has 0 N–H and O–H groups in total. The molecule has 2 aromatic rings. The van der Waals surface area contributed by atoms with Crippen LogP contribution < -0.4 is 9.47 Å². The highest BCUT2D eigenvalue weighted by molar-refractivity contribution is 9.10. The average Bonchev–Trinajstić information content (AvgIpc) is 2.86. The van der Waals surface area contributed by atoms with Crippen LogP contribution in [0.2, 0.25) is 0 Å². The van der Waals surface area contributed by atoms with E-state index >= 15 is 0 Å². The standard InChI is InChI=1S/C19H17BrO3/c1-3-23-19-16(20)9-12(10-17(19)22-2)8-14-11-13-6-4-5-7-15(13)18(14)21/h4-10H,3,11H2,1-2H3/b14-8+. The van der Waals surface area contributed by atoms with E-state index in [1.807, 2.05) is 49.4 Å². The zero-order chi connectivity index (χ0) is 16.4. The van der Waals surface area contributed by atoms with Gasteiger partial charge >= 0.3 is 0 Å². The van der Waals surface area contributed by atoms with Gasteiger partial charge in [-0.15, -0.1) is 0 Å². The fourth-order valence-electron chi connectivity index (χ4n) is 2.78. The maximum absolute atomic E-state index is 12.5. The summed E-state index contributed by atoms with van der Waals surface area (Å²) < 4.78 is 11.8. The van der Waals surface area contributed by atoms with Crippen molar-refractivity contribution in [2.24, 2.45) is 0 Å². The van der Waals surface area contributed by atoms with Crippen molar-refractivity contribution in [2.45, 2.75) is 13.3 Å². The molecule has 0 aliphatic heterocycles. The Bertz CT molecular complexity index is 793. The van der Waals surface area contributed by atoms with Crippen molar-refractivity contribution >= 4 is 27.8 Å². The van der Waals surface area contributed by atoms with Crippen LogP contribution >= 0.6 is 15.9 Å². The molecule has 1 aliphatic rings. The summed E-state index contributed by atoms with van der Waals surface area (Å²) in [6.45, 7) is 2.49. The Kier molecular flexibility index (Phi) is 4.53. The molecule has 0 radical (unpaired) electrons. The first-order chi connectivity index (χ1) is 11.1. The minimum atomic E-state index is 0.101. The summed E-state index contributed by atoms with van der Waals surface area (Å²) in [6, 6.07) is 11.6. The van der Waals surface area contributed by atoms with Gasteiger partial charge in [0.25, 0.3) is 0 Å². The Labute approximate surface area is 144 Å². The van der Waals surface area contributed by atoms with Gasteiger partial charge in [0.15, 0.2) is 17.3 Å². The molecule has 0 heterocycles. The molecule has 1 aliphatic carbocycles. The molecule has 0 aromatic heterocycles. The van der Waals surface area contributed by atoms with Crippen LogP contribution in [0.4, 0.5) is 0 Å². The third kappa shape index (κ3) is 3.04. The lowest BCUT2D eigenvalue weighted by molar-refractivity contribution is 0.104. The normalized spacial score (nSPS) is 14.9. The van der Waals surface area contributed by atoms with Crippen molar-refractivity contribution in [3.63, 3.8) is 0 Å². The van der Waals surface area contributed by atoms with E-state index in [9.17, 15) is 4.79 Å². The number of carbonyl (C=O) groups is 1. The van der Waals surface area contributed by atoms with Crippen molar-refractivity contribution in [1.29, 1.82) is 0 Å². The second-order valence-electron chi connectivity index (χ2n) is 5.30. The van der Waals surface area contributed by atoms with Gasteiger partial charge in [0.1, 0.15) is 0 Å². The Morgan fingerprint density at radius 1 is 1.26 bits per heavy atom. The minimum Gasteiger partial charge on any atom is -0.493 e. The van der Waals surface area contributed by atoms with Gasteiger partial charge in [-0.2, -0.15) is 0 Å². The first-order valence-corrected chi connectivity index (χ1v) is 8.26. The highest BCUT2D eigenvalue weighted by Crippen LogP contribution is 2.38. The first-order valence-electron chi connectivity index (χ1n) is 7.47. The maximum atomic E-state index is 12.5. The predicted molar refractivity (Wildman–Crippen MR) is 94.3 cm³/mol. The number of methoxy groups -OCH3 is 1. The molecule has 2 aromatic carbocycles. The Morgan fingerprint density at radius 3 is 2.74 bits per heavy atom. The van der Waals surface area contributed by atoms with Crippen molar-refractivity contribution in [1.82, 2.24) is 0 Å². The number of ether oxygens (including phenoxy) is 2. The summed E-state index contributed by atoms with van der Waals surface area (Å²) in [5, 5.41) is 0.